The highest BCUT2D eigenvalue weighted by atomic mass is 35.5. The molecule has 1 aromatic heterocycles. The Morgan fingerprint density at radius 3 is 3.25 bits per heavy atom. The van der Waals surface area contributed by atoms with Gasteiger partial charge in [-0.2, -0.15) is 0 Å². The fourth-order valence-electron chi connectivity index (χ4n) is 2.81. The van der Waals surface area contributed by atoms with Gasteiger partial charge in [-0.3, -0.25) is 4.90 Å². The van der Waals surface area contributed by atoms with Gasteiger partial charge in [0.15, 0.2) is 0 Å². The summed E-state index contributed by atoms with van der Waals surface area (Å²) in [5.41, 5.74) is 2.43. The third-order valence-corrected chi connectivity index (χ3v) is 4.01. The first-order chi connectivity index (χ1) is 9.76. The molecular formula is C15H20ClN3O. The van der Waals surface area contributed by atoms with Crippen molar-refractivity contribution in [1.29, 1.82) is 0 Å². The van der Waals surface area contributed by atoms with Crippen molar-refractivity contribution < 1.29 is 4.74 Å². The van der Waals surface area contributed by atoms with Crippen LogP contribution in [0.5, 0.6) is 0 Å². The van der Waals surface area contributed by atoms with Crippen molar-refractivity contribution in [2.75, 3.05) is 33.3 Å². The van der Waals surface area contributed by atoms with Gasteiger partial charge in [-0.15, -0.1) is 0 Å². The summed E-state index contributed by atoms with van der Waals surface area (Å²) < 4.78 is 5.74. The number of halogens is 1. The van der Waals surface area contributed by atoms with Crippen LogP contribution in [0, 0.1) is 0 Å². The Morgan fingerprint density at radius 2 is 2.40 bits per heavy atom. The van der Waals surface area contributed by atoms with Crippen molar-refractivity contribution in [2.24, 2.45) is 0 Å². The van der Waals surface area contributed by atoms with E-state index in [-0.39, 0.29) is 6.10 Å². The first kappa shape index (κ1) is 13.9. The molecule has 1 unspecified atom stereocenters. The number of H-pyrrole nitrogens is 1. The minimum absolute atomic E-state index is 0.286. The van der Waals surface area contributed by atoms with Crippen molar-refractivity contribution in [2.45, 2.75) is 12.6 Å². The van der Waals surface area contributed by atoms with Crippen LogP contribution in [0.25, 0.3) is 10.9 Å². The lowest BCUT2D eigenvalue weighted by molar-refractivity contribution is -0.0290. The van der Waals surface area contributed by atoms with E-state index < -0.39 is 0 Å². The smallest absolute Gasteiger partial charge is 0.0826 e. The number of morpholine rings is 1. The average Bonchev–Trinajstić information content (AvgIpc) is 2.82. The third kappa shape index (κ3) is 2.99. The third-order valence-electron chi connectivity index (χ3n) is 3.78. The standard InChI is InChI=1S/C15H20ClN3O/c1-17-8-13-10-19(4-5-20-13)9-11-7-18-15-6-12(16)2-3-14(11)15/h2-3,6-7,13,17-18H,4-5,8-10H2,1H3. The molecule has 0 amide bonds. The van der Waals surface area contributed by atoms with Gasteiger partial charge in [-0.1, -0.05) is 17.7 Å². The molecule has 2 aromatic rings. The summed E-state index contributed by atoms with van der Waals surface area (Å²) in [4.78, 5) is 5.75. The number of nitrogens with one attached hydrogen (secondary N) is 2. The summed E-state index contributed by atoms with van der Waals surface area (Å²) in [6.45, 7) is 4.62. The normalized spacial score (nSPS) is 20.6. The van der Waals surface area contributed by atoms with Crippen LogP contribution in [0.3, 0.4) is 0 Å². The summed E-state index contributed by atoms with van der Waals surface area (Å²) in [6, 6.07) is 6.02. The number of ether oxygens (including phenoxy) is 1. The number of hydrogen-bond acceptors (Lipinski definition) is 3. The molecule has 1 aromatic carbocycles. The molecule has 1 aliphatic heterocycles. The molecule has 1 aliphatic rings. The number of hydrogen-bond donors (Lipinski definition) is 2. The van der Waals surface area contributed by atoms with Crippen molar-refractivity contribution in [1.82, 2.24) is 15.2 Å². The van der Waals surface area contributed by atoms with E-state index in [4.69, 9.17) is 16.3 Å². The second-order valence-electron chi connectivity index (χ2n) is 5.29. The highest BCUT2D eigenvalue weighted by molar-refractivity contribution is 6.31. The SMILES string of the molecule is CNCC1CN(Cc2c[nH]c3cc(Cl)ccc23)CCO1. The molecule has 0 radical (unpaired) electrons. The highest BCUT2D eigenvalue weighted by Gasteiger charge is 2.20. The zero-order valence-electron chi connectivity index (χ0n) is 11.7. The Hall–Kier alpha value is -1.07. The Bertz CT molecular complexity index is 582. The maximum Gasteiger partial charge on any atom is 0.0826 e. The number of fused-ring (bicyclic) bond motifs is 1. The lowest BCUT2D eigenvalue weighted by Gasteiger charge is -2.32. The molecular weight excluding hydrogens is 274 g/mol. The molecule has 0 saturated carbocycles. The maximum absolute atomic E-state index is 6.02. The fourth-order valence-corrected chi connectivity index (χ4v) is 2.98. The number of likely N-dealkylation sites (N-methyl/N-ethyl adjacent to an activating group) is 1. The van der Waals surface area contributed by atoms with Crippen LogP contribution < -0.4 is 5.32 Å². The molecule has 3 rings (SSSR count). The van der Waals surface area contributed by atoms with E-state index in [1.807, 2.05) is 19.2 Å². The molecule has 0 aliphatic carbocycles. The molecule has 0 bridgehead atoms. The fraction of sp³-hybridized carbons (Fsp3) is 0.467. The number of benzene rings is 1. The minimum atomic E-state index is 0.286. The summed E-state index contributed by atoms with van der Waals surface area (Å²) >= 11 is 6.02. The first-order valence-corrected chi connectivity index (χ1v) is 7.38. The zero-order valence-corrected chi connectivity index (χ0v) is 12.4. The van der Waals surface area contributed by atoms with Gasteiger partial charge in [-0.05, 0) is 24.7 Å². The predicted molar refractivity (Wildman–Crippen MR) is 82.3 cm³/mol. The predicted octanol–water partition coefficient (Wildman–Crippen LogP) is 2.24. The molecule has 0 spiro atoms. The molecule has 4 nitrogen and oxygen atoms in total. The van der Waals surface area contributed by atoms with Crippen LogP contribution in [0.15, 0.2) is 24.4 Å². The van der Waals surface area contributed by atoms with Crippen LogP contribution in [-0.4, -0.2) is 49.3 Å². The van der Waals surface area contributed by atoms with Gasteiger partial charge in [0.05, 0.1) is 12.7 Å². The summed E-state index contributed by atoms with van der Waals surface area (Å²) in [6.07, 6.45) is 2.37. The van der Waals surface area contributed by atoms with E-state index in [9.17, 15) is 0 Å². The van der Waals surface area contributed by atoms with Crippen LogP contribution >= 0.6 is 11.6 Å². The monoisotopic (exact) mass is 293 g/mol. The molecule has 108 valence electrons. The quantitative estimate of drug-likeness (QED) is 0.908. The van der Waals surface area contributed by atoms with Crippen LogP contribution in [0.4, 0.5) is 0 Å². The van der Waals surface area contributed by atoms with E-state index in [2.05, 4.69) is 27.5 Å². The van der Waals surface area contributed by atoms with Crippen molar-refractivity contribution in [3.05, 3.63) is 35.0 Å². The Labute approximate surface area is 124 Å². The van der Waals surface area contributed by atoms with E-state index in [1.165, 1.54) is 10.9 Å². The molecule has 1 saturated heterocycles. The lowest BCUT2D eigenvalue weighted by Crippen LogP contribution is -2.45. The molecule has 2 heterocycles. The largest absolute Gasteiger partial charge is 0.374 e. The molecule has 1 atom stereocenters. The van der Waals surface area contributed by atoms with Crippen LogP contribution in [-0.2, 0) is 11.3 Å². The van der Waals surface area contributed by atoms with Gasteiger partial charge in [0, 0.05) is 48.3 Å². The number of aromatic amines is 1. The summed E-state index contributed by atoms with van der Waals surface area (Å²) in [5.74, 6) is 0. The Kier molecular flexibility index (Phi) is 4.27. The highest BCUT2D eigenvalue weighted by Crippen LogP contribution is 2.23. The maximum atomic E-state index is 6.02. The van der Waals surface area contributed by atoms with Gasteiger partial charge in [0.25, 0.3) is 0 Å². The van der Waals surface area contributed by atoms with E-state index in [0.717, 1.165) is 43.3 Å². The lowest BCUT2D eigenvalue weighted by atomic mass is 10.1. The molecule has 5 heteroatoms. The number of nitrogens with zero attached hydrogens (tertiary/aromatic N) is 1. The van der Waals surface area contributed by atoms with Gasteiger partial charge in [0.2, 0.25) is 0 Å². The average molecular weight is 294 g/mol. The van der Waals surface area contributed by atoms with Crippen molar-refractivity contribution in [3.63, 3.8) is 0 Å². The number of rotatable bonds is 4. The van der Waals surface area contributed by atoms with Crippen LogP contribution in [0.1, 0.15) is 5.56 Å². The van der Waals surface area contributed by atoms with Gasteiger partial charge < -0.3 is 15.0 Å². The van der Waals surface area contributed by atoms with Crippen molar-refractivity contribution >= 4 is 22.5 Å². The number of aromatic nitrogens is 1. The van der Waals surface area contributed by atoms with Crippen LogP contribution in [0.2, 0.25) is 5.02 Å². The molecule has 2 N–H and O–H groups in total. The summed E-state index contributed by atoms with van der Waals surface area (Å²) in [5, 5.41) is 5.21. The summed E-state index contributed by atoms with van der Waals surface area (Å²) in [7, 11) is 1.96. The van der Waals surface area contributed by atoms with Gasteiger partial charge >= 0.3 is 0 Å². The van der Waals surface area contributed by atoms with Gasteiger partial charge in [0.1, 0.15) is 0 Å². The van der Waals surface area contributed by atoms with E-state index in [0.29, 0.717) is 0 Å². The van der Waals surface area contributed by atoms with Gasteiger partial charge in [-0.25, -0.2) is 0 Å². The second kappa shape index (κ2) is 6.14. The van der Waals surface area contributed by atoms with E-state index >= 15 is 0 Å². The Morgan fingerprint density at radius 1 is 1.50 bits per heavy atom. The second-order valence-corrected chi connectivity index (χ2v) is 5.73. The first-order valence-electron chi connectivity index (χ1n) is 7.00. The molecule has 20 heavy (non-hydrogen) atoms. The minimum Gasteiger partial charge on any atom is -0.374 e. The zero-order chi connectivity index (χ0) is 13.9. The molecule has 1 fully saturated rings. The topological polar surface area (TPSA) is 40.3 Å². The van der Waals surface area contributed by atoms with E-state index in [1.54, 1.807) is 0 Å². The van der Waals surface area contributed by atoms with Crippen molar-refractivity contribution in [3.8, 4) is 0 Å². The Balaban J connectivity index is 1.72.